The zero-order chi connectivity index (χ0) is 14.8. The molecule has 0 atom stereocenters. The molecule has 106 valence electrons. The number of hydrogen-bond donors (Lipinski definition) is 1. The second kappa shape index (κ2) is 5.53. The number of anilines is 2. The van der Waals surface area contributed by atoms with Gasteiger partial charge in [0, 0.05) is 18.4 Å². The van der Waals surface area contributed by atoms with Crippen molar-refractivity contribution in [3.05, 3.63) is 54.4 Å². The van der Waals surface area contributed by atoms with E-state index in [1.54, 1.807) is 0 Å². The molecule has 0 aliphatic heterocycles. The van der Waals surface area contributed by atoms with E-state index in [2.05, 4.69) is 60.4 Å². The third kappa shape index (κ3) is 3.10. The number of hydrogen-bond acceptors (Lipinski definition) is 2. The molecular formula is C17H23N3. The molecule has 0 saturated heterocycles. The van der Waals surface area contributed by atoms with Gasteiger partial charge in [0.2, 0.25) is 5.95 Å². The van der Waals surface area contributed by atoms with E-state index in [4.69, 9.17) is 0 Å². The molecule has 0 radical (unpaired) electrons. The van der Waals surface area contributed by atoms with Crippen molar-refractivity contribution < 1.29 is 0 Å². The number of allylic oxidation sites excluding steroid dienone is 1. The Labute approximate surface area is 121 Å². The summed E-state index contributed by atoms with van der Waals surface area (Å²) >= 11 is 0. The van der Waals surface area contributed by atoms with Gasteiger partial charge >= 0.3 is 0 Å². The fourth-order valence-electron chi connectivity index (χ4n) is 2.29. The number of aryl methyl sites for hydroxylation is 1. The van der Waals surface area contributed by atoms with E-state index in [1.807, 2.05) is 25.3 Å². The minimum atomic E-state index is 0.0918. The SMILES string of the molecule is C=CCn1cc(C)nc1Nc1ccccc1C(C)(C)C. The molecule has 2 rings (SSSR count). The molecule has 1 aromatic heterocycles. The Morgan fingerprint density at radius 2 is 2.00 bits per heavy atom. The van der Waals surface area contributed by atoms with E-state index in [-0.39, 0.29) is 5.41 Å². The van der Waals surface area contributed by atoms with Gasteiger partial charge in [0.05, 0.1) is 5.69 Å². The highest BCUT2D eigenvalue weighted by atomic mass is 15.2. The largest absolute Gasteiger partial charge is 0.325 e. The Kier molecular flexibility index (Phi) is 3.98. The summed E-state index contributed by atoms with van der Waals surface area (Å²) in [5.74, 6) is 0.860. The van der Waals surface area contributed by atoms with Crippen LogP contribution in [-0.2, 0) is 12.0 Å². The lowest BCUT2D eigenvalue weighted by atomic mass is 9.86. The number of rotatable bonds is 4. The first kappa shape index (κ1) is 14.4. The molecule has 1 N–H and O–H groups in total. The predicted octanol–water partition coefficient (Wildman–Crippen LogP) is 4.42. The first-order valence-corrected chi connectivity index (χ1v) is 6.93. The van der Waals surface area contributed by atoms with Crippen LogP contribution in [0.1, 0.15) is 32.0 Å². The normalized spacial score (nSPS) is 11.4. The Morgan fingerprint density at radius 3 is 2.65 bits per heavy atom. The second-order valence-corrected chi connectivity index (χ2v) is 6.07. The third-order valence-corrected chi connectivity index (χ3v) is 3.20. The fourth-order valence-corrected chi connectivity index (χ4v) is 2.29. The molecule has 3 nitrogen and oxygen atoms in total. The van der Waals surface area contributed by atoms with E-state index in [0.717, 1.165) is 23.9 Å². The molecule has 1 aromatic carbocycles. The molecule has 0 fully saturated rings. The zero-order valence-electron chi connectivity index (χ0n) is 12.8. The van der Waals surface area contributed by atoms with Crippen molar-refractivity contribution in [3.8, 4) is 0 Å². The van der Waals surface area contributed by atoms with Gasteiger partial charge in [0.25, 0.3) is 0 Å². The standard InChI is InChI=1S/C17H23N3/c1-6-11-20-12-13(2)18-16(20)19-15-10-8-7-9-14(15)17(3,4)5/h6-10,12H,1,11H2,2-5H3,(H,18,19). The Morgan fingerprint density at radius 1 is 1.30 bits per heavy atom. The van der Waals surface area contributed by atoms with Crippen molar-refractivity contribution in [2.45, 2.75) is 39.7 Å². The third-order valence-electron chi connectivity index (χ3n) is 3.20. The van der Waals surface area contributed by atoms with Gasteiger partial charge in [0.15, 0.2) is 0 Å². The Hall–Kier alpha value is -2.03. The van der Waals surface area contributed by atoms with Gasteiger partial charge in [-0.15, -0.1) is 6.58 Å². The fraction of sp³-hybridized carbons (Fsp3) is 0.353. The van der Waals surface area contributed by atoms with E-state index in [9.17, 15) is 0 Å². The topological polar surface area (TPSA) is 29.9 Å². The van der Waals surface area contributed by atoms with Crippen LogP contribution in [0.2, 0.25) is 0 Å². The predicted molar refractivity (Wildman–Crippen MR) is 85.6 cm³/mol. The van der Waals surface area contributed by atoms with Gasteiger partial charge < -0.3 is 9.88 Å². The van der Waals surface area contributed by atoms with Crippen molar-refractivity contribution in [2.75, 3.05) is 5.32 Å². The lowest BCUT2D eigenvalue weighted by molar-refractivity contribution is 0.592. The summed E-state index contributed by atoms with van der Waals surface area (Å²) in [6.07, 6.45) is 3.91. The molecule has 0 aliphatic carbocycles. The van der Waals surface area contributed by atoms with Gasteiger partial charge in [-0.25, -0.2) is 4.98 Å². The average Bonchev–Trinajstić information content (AvgIpc) is 2.69. The van der Waals surface area contributed by atoms with Crippen molar-refractivity contribution >= 4 is 11.6 Å². The van der Waals surface area contributed by atoms with Crippen molar-refractivity contribution in [1.82, 2.24) is 9.55 Å². The zero-order valence-corrected chi connectivity index (χ0v) is 12.8. The molecule has 0 bridgehead atoms. The number of nitrogens with zero attached hydrogens (tertiary/aromatic N) is 2. The van der Waals surface area contributed by atoms with Crippen LogP contribution in [-0.4, -0.2) is 9.55 Å². The van der Waals surface area contributed by atoms with Crippen LogP contribution in [0.15, 0.2) is 43.1 Å². The summed E-state index contributed by atoms with van der Waals surface area (Å²) in [6.45, 7) is 13.2. The van der Waals surface area contributed by atoms with Crippen LogP contribution in [0.3, 0.4) is 0 Å². The summed E-state index contributed by atoms with van der Waals surface area (Å²) in [5, 5.41) is 3.46. The summed E-state index contributed by atoms with van der Waals surface area (Å²) in [5.41, 5.74) is 3.48. The highest BCUT2D eigenvalue weighted by molar-refractivity contribution is 5.61. The first-order chi connectivity index (χ1) is 9.41. The van der Waals surface area contributed by atoms with Crippen LogP contribution >= 0.6 is 0 Å². The smallest absolute Gasteiger partial charge is 0.207 e. The lowest BCUT2D eigenvalue weighted by Crippen LogP contribution is -2.14. The van der Waals surface area contributed by atoms with Gasteiger partial charge in [-0.2, -0.15) is 0 Å². The van der Waals surface area contributed by atoms with E-state index < -0.39 is 0 Å². The summed E-state index contributed by atoms with van der Waals surface area (Å²) in [6, 6.07) is 8.39. The van der Waals surface area contributed by atoms with Crippen LogP contribution < -0.4 is 5.32 Å². The van der Waals surface area contributed by atoms with Gasteiger partial charge in [-0.3, -0.25) is 0 Å². The summed E-state index contributed by atoms with van der Waals surface area (Å²) in [4.78, 5) is 4.55. The number of nitrogens with one attached hydrogen (secondary N) is 1. The van der Waals surface area contributed by atoms with Crippen LogP contribution in [0, 0.1) is 6.92 Å². The number of aromatic nitrogens is 2. The number of imidazole rings is 1. The molecule has 0 saturated carbocycles. The maximum atomic E-state index is 4.55. The van der Waals surface area contributed by atoms with Gasteiger partial charge in [0.1, 0.15) is 0 Å². The molecule has 0 spiro atoms. The average molecular weight is 269 g/mol. The second-order valence-electron chi connectivity index (χ2n) is 6.07. The van der Waals surface area contributed by atoms with Crippen molar-refractivity contribution in [3.63, 3.8) is 0 Å². The molecule has 2 aromatic rings. The van der Waals surface area contributed by atoms with Crippen LogP contribution in [0.25, 0.3) is 0 Å². The van der Waals surface area contributed by atoms with Crippen molar-refractivity contribution in [1.29, 1.82) is 0 Å². The van der Waals surface area contributed by atoms with Crippen molar-refractivity contribution in [2.24, 2.45) is 0 Å². The van der Waals surface area contributed by atoms with E-state index >= 15 is 0 Å². The highest BCUT2D eigenvalue weighted by Gasteiger charge is 2.18. The summed E-state index contributed by atoms with van der Waals surface area (Å²) in [7, 11) is 0. The van der Waals surface area contributed by atoms with E-state index in [0.29, 0.717) is 0 Å². The number of para-hydroxylation sites is 1. The molecular weight excluding hydrogens is 246 g/mol. The molecule has 3 heteroatoms. The molecule has 1 heterocycles. The lowest BCUT2D eigenvalue weighted by Gasteiger charge is -2.23. The highest BCUT2D eigenvalue weighted by Crippen LogP contribution is 2.31. The quantitative estimate of drug-likeness (QED) is 0.833. The summed E-state index contributed by atoms with van der Waals surface area (Å²) < 4.78 is 2.07. The van der Waals surface area contributed by atoms with Gasteiger partial charge in [-0.1, -0.05) is 45.0 Å². The van der Waals surface area contributed by atoms with E-state index in [1.165, 1.54) is 5.56 Å². The number of benzene rings is 1. The monoisotopic (exact) mass is 269 g/mol. The van der Waals surface area contributed by atoms with Crippen LogP contribution in [0.4, 0.5) is 11.6 Å². The van der Waals surface area contributed by atoms with Gasteiger partial charge in [-0.05, 0) is 24.0 Å². The molecule has 0 unspecified atom stereocenters. The maximum Gasteiger partial charge on any atom is 0.207 e. The maximum absolute atomic E-state index is 4.55. The molecule has 20 heavy (non-hydrogen) atoms. The minimum absolute atomic E-state index is 0.0918. The first-order valence-electron chi connectivity index (χ1n) is 6.93. The Bertz CT molecular complexity index is 603. The van der Waals surface area contributed by atoms with Crippen LogP contribution in [0.5, 0.6) is 0 Å². The Balaban J connectivity index is 2.38. The molecule has 0 amide bonds. The minimum Gasteiger partial charge on any atom is -0.325 e. The molecule has 0 aliphatic rings.